The van der Waals surface area contributed by atoms with E-state index in [0.29, 0.717) is 12.5 Å². The van der Waals surface area contributed by atoms with Crippen LogP contribution in [0.25, 0.3) is 0 Å². The molecule has 3 heteroatoms. The van der Waals surface area contributed by atoms with E-state index < -0.39 is 0 Å². The molecule has 108 valence electrons. The van der Waals surface area contributed by atoms with Gasteiger partial charge in [0.25, 0.3) is 0 Å². The molecule has 0 radical (unpaired) electrons. The number of aliphatic hydroxyl groups is 1. The Hall–Kier alpha value is -1.61. The van der Waals surface area contributed by atoms with Gasteiger partial charge in [-0.1, -0.05) is 29.8 Å². The molecule has 0 aliphatic heterocycles. The molecule has 1 aromatic heterocycles. The van der Waals surface area contributed by atoms with Crippen molar-refractivity contribution in [1.82, 2.24) is 9.78 Å². The van der Waals surface area contributed by atoms with Gasteiger partial charge in [-0.2, -0.15) is 5.10 Å². The maximum Gasteiger partial charge on any atom is 0.0650 e. The first-order valence-electron chi connectivity index (χ1n) is 7.32. The summed E-state index contributed by atoms with van der Waals surface area (Å²) in [6.45, 7) is 6.29. The number of hydrogen-bond donors (Lipinski definition) is 1. The molecule has 20 heavy (non-hydrogen) atoms. The van der Waals surface area contributed by atoms with Crippen molar-refractivity contribution in [1.29, 1.82) is 0 Å². The molecule has 1 N–H and O–H groups in total. The zero-order valence-electron chi connectivity index (χ0n) is 12.6. The predicted molar refractivity (Wildman–Crippen MR) is 81.8 cm³/mol. The van der Waals surface area contributed by atoms with Crippen molar-refractivity contribution in [3.8, 4) is 0 Å². The van der Waals surface area contributed by atoms with Gasteiger partial charge in [0.1, 0.15) is 0 Å². The van der Waals surface area contributed by atoms with Gasteiger partial charge < -0.3 is 5.11 Å². The van der Waals surface area contributed by atoms with Gasteiger partial charge in [0, 0.05) is 18.7 Å². The lowest BCUT2D eigenvalue weighted by Crippen LogP contribution is -2.12. The monoisotopic (exact) mass is 272 g/mol. The summed E-state index contributed by atoms with van der Waals surface area (Å²) in [5.74, 6) is 0. The third-order valence-corrected chi connectivity index (χ3v) is 3.52. The molecule has 2 aromatic rings. The quantitative estimate of drug-likeness (QED) is 0.876. The standard InChI is InChI=1S/C17H24N2O/c1-13(2)19-11-10-16(18-19)12-17(20)9-8-15-6-4-14(3)5-7-15/h4-7,10-11,13,17,20H,8-9,12H2,1-3H3. The summed E-state index contributed by atoms with van der Waals surface area (Å²) in [5.41, 5.74) is 3.52. The normalized spacial score (nSPS) is 12.8. The van der Waals surface area contributed by atoms with E-state index >= 15 is 0 Å². The van der Waals surface area contributed by atoms with Crippen LogP contribution < -0.4 is 0 Å². The first-order chi connectivity index (χ1) is 9.54. The molecule has 1 unspecified atom stereocenters. The smallest absolute Gasteiger partial charge is 0.0650 e. The van der Waals surface area contributed by atoms with Crippen molar-refractivity contribution >= 4 is 0 Å². The Labute approximate surface area is 121 Å². The molecular weight excluding hydrogens is 248 g/mol. The molecular formula is C17H24N2O. The maximum absolute atomic E-state index is 10.1. The fourth-order valence-electron chi connectivity index (χ4n) is 2.21. The van der Waals surface area contributed by atoms with Crippen LogP contribution in [0, 0.1) is 6.92 Å². The Kier molecular flexibility index (Phi) is 4.96. The molecule has 0 spiro atoms. The van der Waals surface area contributed by atoms with Gasteiger partial charge in [-0.25, -0.2) is 0 Å². The van der Waals surface area contributed by atoms with Crippen molar-refractivity contribution in [2.24, 2.45) is 0 Å². The van der Waals surface area contributed by atoms with E-state index in [-0.39, 0.29) is 6.10 Å². The number of aryl methyl sites for hydroxylation is 2. The van der Waals surface area contributed by atoms with Crippen LogP contribution in [-0.2, 0) is 12.8 Å². The van der Waals surface area contributed by atoms with Crippen LogP contribution in [0.15, 0.2) is 36.5 Å². The lowest BCUT2D eigenvalue weighted by Gasteiger charge is -2.09. The molecule has 0 aliphatic rings. The van der Waals surface area contributed by atoms with E-state index in [2.05, 4.69) is 50.1 Å². The van der Waals surface area contributed by atoms with Crippen molar-refractivity contribution in [3.05, 3.63) is 53.3 Å². The Morgan fingerprint density at radius 1 is 1.15 bits per heavy atom. The van der Waals surface area contributed by atoms with Gasteiger partial charge in [-0.15, -0.1) is 0 Å². The highest BCUT2D eigenvalue weighted by molar-refractivity contribution is 5.21. The van der Waals surface area contributed by atoms with E-state index in [1.54, 1.807) is 0 Å². The average Bonchev–Trinajstić information content (AvgIpc) is 2.87. The average molecular weight is 272 g/mol. The third-order valence-electron chi connectivity index (χ3n) is 3.52. The Morgan fingerprint density at radius 3 is 2.45 bits per heavy atom. The molecule has 1 aromatic carbocycles. The number of hydrogen-bond acceptors (Lipinski definition) is 2. The summed E-state index contributed by atoms with van der Waals surface area (Å²) in [5, 5.41) is 14.6. The van der Waals surface area contributed by atoms with Crippen LogP contribution in [0.5, 0.6) is 0 Å². The molecule has 0 bridgehead atoms. The zero-order chi connectivity index (χ0) is 14.5. The number of aromatic nitrogens is 2. The first-order valence-corrected chi connectivity index (χ1v) is 7.32. The van der Waals surface area contributed by atoms with E-state index in [9.17, 15) is 5.11 Å². The summed E-state index contributed by atoms with van der Waals surface area (Å²) in [6.07, 6.45) is 3.97. The molecule has 0 aliphatic carbocycles. The van der Waals surface area contributed by atoms with Crippen molar-refractivity contribution in [2.75, 3.05) is 0 Å². The third kappa shape index (κ3) is 4.20. The second-order valence-electron chi connectivity index (χ2n) is 5.76. The minimum atomic E-state index is -0.327. The Bertz CT molecular complexity index is 528. The highest BCUT2D eigenvalue weighted by atomic mass is 16.3. The van der Waals surface area contributed by atoms with E-state index in [4.69, 9.17) is 0 Å². The highest BCUT2D eigenvalue weighted by Gasteiger charge is 2.09. The Morgan fingerprint density at radius 2 is 1.85 bits per heavy atom. The number of benzene rings is 1. The topological polar surface area (TPSA) is 38.0 Å². The molecule has 0 saturated carbocycles. The van der Waals surface area contributed by atoms with E-state index in [1.165, 1.54) is 11.1 Å². The highest BCUT2D eigenvalue weighted by Crippen LogP contribution is 2.11. The zero-order valence-corrected chi connectivity index (χ0v) is 12.6. The summed E-state index contributed by atoms with van der Waals surface area (Å²) in [4.78, 5) is 0. The minimum Gasteiger partial charge on any atom is -0.393 e. The second-order valence-corrected chi connectivity index (χ2v) is 5.76. The van der Waals surface area contributed by atoms with Crippen LogP contribution in [-0.4, -0.2) is 21.0 Å². The molecule has 0 amide bonds. The minimum absolute atomic E-state index is 0.327. The Balaban J connectivity index is 1.82. The molecule has 0 fully saturated rings. The van der Waals surface area contributed by atoms with Gasteiger partial charge in [-0.3, -0.25) is 4.68 Å². The van der Waals surface area contributed by atoms with Gasteiger partial charge in [0.15, 0.2) is 0 Å². The van der Waals surface area contributed by atoms with Crippen molar-refractivity contribution in [3.63, 3.8) is 0 Å². The molecule has 1 atom stereocenters. The summed E-state index contributed by atoms with van der Waals surface area (Å²) >= 11 is 0. The maximum atomic E-state index is 10.1. The molecule has 0 saturated heterocycles. The molecule has 2 rings (SSSR count). The van der Waals surface area contributed by atoms with Crippen LogP contribution in [0.2, 0.25) is 0 Å². The molecule has 1 heterocycles. The SMILES string of the molecule is Cc1ccc(CCC(O)Cc2ccn(C(C)C)n2)cc1. The van der Waals surface area contributed by atoms with Gasteiger partial charge in [0.05, 0.1) is 11.8 Å². The van der Waals surface area contributed by atoms with Gasteiger partial charge >= 0.3 is 0 Å². The second kappa shape index (κ2) is 6.71. The number of aliphatic hydroxyl groups excluding tert-OH is 1. The van der Waals surface area contributed by atoms with Crippen LogP contribution in [0.3, 0.4) is 0 Å². The van der Waals surface area contributed by atoms with E-state index in [0.717, 1.165) is 18.5 Å². The summed E-state index contributed by atoms with van der Waals surface area (Å²) < 4.78 is 1.93. The fraction of sp³-hybridized carbons (Fsp3) is 0.471. The van der Waals surface area contributed by atoms with Gasteiger partial charge in [-0.05, 0) is 45.2 Å². The van der Waals surface area contributed by atoms with Crippen LogP contribution in [0.4, 0.5) is 0 Å². The predicted octanol–water partition coefficient (Wildman–Crippen LogP) is 3.31. The number of nitrogens with zero attached hydrogens (tertiary/aromatic N) is 2. The lowest BCUT2D eigenvalue weighted by atomic mass is 10.0. The lowest BCUT2D eigenvalue weighted by molar-refractivity contribution is 0.163. The number of rotatable bonds is 6. The van der Waals surface area contributed by atoms with Crippen LogP contribution in [0.1, 0.15) is 43.1 Å². The first kappa shape index (κ1) is 14.8. The van der Waals surface area contributed by atoms with Crippen molar-refractivity contribution < 1.29 is 5.11 Å². The van der Waals surface area contributed by atoms with Gasteiger partial charge in [0.2, 0.25) is 0 Å². The largest absolute Gasteiger partial charge is 0.393 e. The summed E-state index contributed by atoms with van der Waals surface area (Å²) in [7, 11) is 0. The van der Waals surface area contributed by atoms with E-state index in [1.807, 2.05) is 16.9 Å². The van der Waals surface area contributed by atoms with Crippen LogP contribution >= 0.6 is 0 Å². The van der Waals surface area contributed by atoms with Crippen molar-refractivity contribution in [2.45, 2.75) is 52.2 Å². The molecule has 3 nitrogen and oxygen atoms in total. The fourth-order valence-corrected chi connectivity index (χ4v) is 2.21. The summed E-state index contributed by atoms with van der Waals surface area (Å²) in [6, 6.07) is 10.9.